The Labute approximate surface area is 108 Å². The second-order valence-corrected chi connectivity index (χ2v) is 4.72. The van der Waals surface area contributed by atoms with Gasteiger partial charge in [-0.15, -0.1) is 0 Å². The molecule has 0 aliphatic heterocycles. The highest BCUT2D eigenvalue weighted by Crippen LogP contribution is 2.35. The molecule has 0 saturated heterocycles. The molecule has 2 atom stereocenters. The number of hydrogen-bond donors (Lipinski definition) is 2. The lowest BCUT2D eigenvalue weighted by atomic mass is 9.87. The number of nitrogens with two attached hydrogens (primary N) is 1. The van der Waals surface area contributed by atoms with E-state index in [0.717, 1.165) is 25.0 Å². The summed E-state index contributed by atoms with van der Waals surface area (Å²) in [5.41, 5.74) is 7.72. The standard InChI is InChI=1S/C14H20N2O2/c1-9(14(15)17)18-13-8-4-5-10-11(13)6-3-7-12(10)16-2/h4-5,8-9,12,16H,3,6-7H2,1-2H3,(H2,15,17). The number of primary amides is 1. The molecule has 18 heavy (non-hydrogen) atoms. The van der Waals surface area contributed by atoms with Crippen LogP contribution >= 0.6 is 0 Å². The van der Waals surface area contributed by atoms with Crippen LogP contribution in [-0.4, -0.2) is 19.1 Å². The van der Waals surface area contributed by atoms with E-state index in [1.807, 2.05) is 19.2 Å². The van der Waals surface area contributed by atoms with E-state index < -0.39 is 12.0 Å². The maximum atomic E-state index is 11.1. The molecule has 1 aromatic rings. The molecule has 98 valence electrons. The lowest BCUT2D eigenvalue weighted by Gasteiger charge is -2.27. The summed E-state index contributed by atoms with van der Waals surface area (Å²) in [5.74, 6) is 0.354. The van der Waals surface area contributed by atoms with E-state index in [0.29, 0.717) is 6.04 Å². The third-order valence-electron chi connectivity index (χ3n) is 3.52. The van der Waals surface area contributed by atoms with E-state index in [9.17, 15) is 4.79 Å². The third-order valence-corrected chi connectivity index (χ3v) is 3.52. The maximum absolute atomic E-state index is 11.1. The summed E-state index contributed by atoms with van der Waals surface area (Å²) in [6, 6.07) is 6.38. The predicted molar refractivity (Wildman–Crippen MR) is 70.5 cm³/mol. The van der Waals surface area contributed by atoms with Crippen LogP contribution in [-0.2, 0) is 11.2 Å². The van der Waals surface area contributed by atoms with Crippen molar-refractivity contribution in [2.75, 3.05) is 7.05 Å². The summed E-state index contributed by atoms with van der Waals surface area (Å²) < 4.78 is 5.66. The quantitative estimate of drug-likeness (QED) is 0.849. The van der Waals surface area contributed by atoms with Gasteiger partial charge in [0.05, 0.1) is 0 Å². The first-order chi connectivity index (χ1) is 8.63. The molecule has 1 amide bonds. The number of ether oxygens (including phenoxy) is 1. The van der Waals surface area contributed by atoms with E-state index in [-0.39, 0.29) is 0 Å². The average Bonchev–Trinajstić information content (AvgIpc) is 2.38. The van der Waals surface area contributed by atoms with Gasteiger partial charge in [-0.05, 0) is 50.4 Å². The fourth-order valence-electron chi connectivity index (χ4n) is 2.47. The topological polar surface area (TPSA) is 64.3 Å². The van der Waals surface area contributed by atoms with Crippen molar-refractivity contribution >= 4 is 5.91 Å². The number of nitrogens with one attached hydrogen (secondary N) is 1. The van der Waals surface area contributed by atoms with Crippen molar-refractivity contribution in [1.29, 1.82) is 0 Å². The molecule has 0 saturated carbocycles. The zero-order chi connectivity index (χ0) is 13.1. The average molecular weight is 248 g/mol. The van der Waals surface area contributed by atoms with Crippen molar-refractivity contribution < 1.29 is 9.53 Å². The van der Waals surface area contributed by atoms with Gasteiger partial charge in [0.2, 0.25) is 0 Å². The normalized spacial score (nSPS) is 20.0. The minimum Gasteiger partial charge on any atom is -0.481 e. The zero-order valence-corrected chi connectivity index (χ0v) is 10.9. The van der Waals surface area contributed by atoms with Crippen molar-refractivity contribution in [2.24, 2.45) is 5.73 Å². The van der Waals surface area contributed by atoms with Crippen LogP contribution in [0.15, 0.2) is 18.2 Å². The molecule has 3 N–H and O–H groups in total. The predicted octanol–water partition coefficient (Wildman–Crippen LogP) is 1.54. The Hall–Kier alpha value is -1.55. The van der Waals surface area contributed by atoms with Crippen LogP contribution in [0.5, 0.6) is 5.75 Å². The van der Waals surface area contributed by atoms with Gasteiger partial charge in [-0.1, -0.05) is 12.1 Å². The first-order valence-electron chi connectivity index (χ1n) is 6.38. The van der Waals surface area contributed by atoms with Gasteiger partial charge < -0.3 is 15.8 Å². The highest BCUT2D eigenvalue weighted by molar-refractivity contribution is 5.78. The van der Waals surface area contributed by atoms with Crippen LogP contribution in [0.2, 0.25) is 0 Å². The molecule has 1 aliphatic rings. The van der Waals surface area contributed by atoms with Crippen molar-refractivity contribution in [1.82, 2.24) is 5.32 Å². The second kappa shape index (κ2) is 5.40. The number of amides is 1. The van der Waals surface area contributed by atoms with E-state index in [1.165, 1.54) is 11.1 Å². The summed E-state index contributed by atoms with van der Waals surface area (Å²) in [5, 5.41) is 3.32. The second-order valence-electron chi connectivity index (χ2n) is 4.72. The summed E-state index contributed by atoms with van der Waals surface area (Å²) in [6.07, 6.45) is 2.67. The van der Waals surface area contributed by atoms with Crippen molar-refractivity contribution in [3.05, 3.63) is 29.3 Å². The Kier molecular flexibility index (Phi) is 3.87. The highest BCUT2D eigenvalue weighted by atomic mass is 16.5. The molecule has 0 fully saturated rings. The highest BCUT2D eigenvalue weighted by Gasteiger charge is 2.22. The van der Waals surface area contributed by atoms with Gasteiger partial charge in [-0.2, -0.15) is 0 Å². The molecule has 0 aromatic heterocycles. The summed E-state index contributed by atoms with van der Waals surface area (Å²) in [7, 11) is 1.97. The Morgan fingerprint density at radius 1 is 1.56 bits per heavy atom. The van der Waals surface area contributed by atoms with Gasteiger partial charge in [0.1, 0.15) is 5.75 Å². The van der Waals surface area contributed by atoms with Gasteiger partial charge in [0.15, 0.2) is 6.10 Å². The monoisotopic (exact) mass is 248 g/mol. The van der Waals surface area contributed by atoms with E-state index in [1.54, 1.807) is 6.92 Å². The molecular formula is C14H20N2O2. The number of benzene rings is 1. The van der Waals surface area contributed by atoms with Crippen molar-refractivity contribution in [3.63, 3.8) is 0 Å². The number of carbonyl (C=O) groups excluding carboxylic acids is 1. The zero-order valence-electron chi connectivity index (χ0n) is 10.9. The first kappa shape index (κ1) is 12.9. The molecule has 0 spiro atoms. The third kappa shape index (κ3) is 2.48. The number of carbonyl (C=O) groups is 1. The molecule has 2 unspecified atom stereocenters. The van der Waals surface area contributed by atoms with Crippen LogP contribution < -0.4 is 15.8 Å². The van der Waals surface area contributed by atoms with Crippen LogP contribution in [0.4, 0.5) is 0 Å². The molecular weight excluding hydrogens is 228 g/mol. The van der Waals surface area contributed by atoms with Crippen LogP contribution in [0, 0.1) is 0 Å². The minimum absolute atomic E-state index is 0.376. The fourth-order valence-corrected chi connectivity index (χ4v) is 2.47. The van der Waals surface area contributed by atoms with Crippen LogP contribution in [0.3, 0.4) is 0 Å². The summed E-state index contributed by atoms with van der Waals surface area (Å²) in [4.78, 5) is 11.1. The molecule has 2 rings (SSSR count). The van der Waals surface area contributed by atoms with E-state index in [4.69, 9.17) is 10.5 Å². The molecule has 4 heteroatoms. The number of fused-ring (bicyclic) bond motifs is 1. The molecule has 0 bridgehead atoms. The minimum atomic E-state index is -0.591. The molecule has 4 nitrogen and oxygen atoms in total. The Morgan fingerprint density at radius 3 is 3.00 bits per heavy atom. The number of hydrogen-bond acceptors (Lipinski definition) is 3. The van der Waals surface area contributed by atoms with Crippen LogP contribution in [0.1, 0.15) is 36.9 Å². The van der Waals surface area contributed by atoms with Crippen molar-refractivity contribution in [3.8, 4) is 5.75 Å². The molecule has 0 heterocycles. The van der Waals surface area contributed by atoms with E-state index >= 15 is 0 Å². The van der Waals surface area contributed by atoms with Crippen molar-refractivity contribution in [2.45, 2.75) is 38.3 Å². The molecule has 1 aromatic carbocycles. The first-order valence-corrected chi connectivity index (χ1v) is 6.38. The largest absolute Gasteiger partial charge is 0.481 e. The number of rotatable bonds is 4. The van der Waals surface area contributed by atoms with Gasteiger partial charge in [-0.3, -0.25) is 4.79 Å². The van der Waals surface area contributed by atoms with E-state index in [2.05, 4.69) is 11.4 Å². The lowest BCUT2D eigenvalue weighted by molar-refractivity contribution is -0.124. The fraction of sp³-hybridized carbons (Fsp3) is 0.500. The Balaban J connectivity index is 2.30. The van der Waals surface area contributed by atoms with Gasteiger partial charge in [-0.25, -0.2) is 0 Å². The van der Waals surface area contributed by atoms with Crippen LogP contribution in [0.25, 0.3) is 0 Å². The Morgan fingerprint density at radius 2 is 2.33 bits per heavy atom. The SMILES string of the molecule is CNC1CCCc2c(OC(C)C(N)=O)cccc21. The Bertz CT molecular complexity index is 445. The maximum Gasteiger partial charge on any atom is 0.258 e. The summed E-state index contributed by atoms with van der Waals surface area (Å²) in [6.45, 7) is 1.68. The van der Waals surface area contributed by atoms with Gasteiger partial charge in [0, 0.05) is 6.04 Å². The molecule has 1 aliphatic carbocycles. The van der Waals surface area contributed by atoms with Gasteiger partial charge in [0.25, 0.3) is 5.91 Å². The summed E-state index contributed by atoms with van der Waals surface area (Å²) >= 11 is 0. The lowest BCUT2D eigenvalue weighted by Crippen LogP contribution is -2.31. The van der Waals surface area contributed by atoms with Gasteiger partial charge >= 0.3 is 0 Å². The smallest absolute Gasteiger partial charge is 0.258 e. The molecule has 0 radical (unpaired) electrons.